The molecule has 232 valence electrons. The summed E-state index contributed by atoms with van der Waals surface area (Å²) in [6.07, 6.45) is 3.65. The van der Waals surface area contributed by atoms with E-state index in [1.165, 1.54) is 17.4 Å². The van der Waals surface area contributed by atoms with E-state index in [9.17, 15) is 23.9 Å². The molecule has 8 rings (SSSR count). The largest absolute Gasteiger partial charge is 0.481 e. The highest BCUT2D eigenvalue weighted by molar-refractivity contribution is 7.11. The summed E-state index contributed by atoms with van der Waals surface area (Å²) >= 11 is 1.42. The van der Waals surface area contributed by atoms with Crippen LogP contribution in [-0.2, 0) is 14.3 Å². The third-order valence-electron chi connectivity index (χ3n) is 9.88. The summed E-state index contributed by atoms with van der Waals surface area (Å²) in [7, 11) is 0. The molecular formula is C31H35FN6O5S. The van der Waals surface area contributed by atoms with Crippen LogP contribution in [-0.4, -0.2) is 101 Å². The number of rotatable bonds is 9. The van der Waals surface area contributed by atoms with Crippen LogP contribution in [0.5, 0.6) is 0 Å². The molecule has 0 radical (unpaired) electrons. The van der Waals surface area contributed by atoms with E-state index in [1.807, 2.05) is 15.2 Å². The number of nitrogens with zero attached hydrogens (tertiary/aromatic N) is 5. The molecule has 3 saturated carbocycles. The van der Waals surface area contributed by atoms with Crippen LogP contribution in [0.15, 0.2) is 46.0 Å². The molecule has 2 N–H and O–H groups in total. The fraction of sp³-hybridized carbons (Fsp3) is 0.516. The number of aromatic nitrogens is 1. The Hall–Kier alpha value is -3.84. The highest BCUT2D eigenvalue weighted by atomic mass is 32.1. The maximum atomic E-state index is 14.7. The summed E-state index contributed by atoms with van der Waals surface area (Å²) in [6, 6.07) is 4.02. The van der Waals surface area contributed by atoms with E-state index >= 15 is 0 Å². The molecule has 2 amide bonds. The van der Waals surface area contributed by atoms with E-state index in [2.05, 4.69) is 15.2 Å². The third kappa shape index (κ3) is 4.68. The Morgan fingerprint density at radius 3 is 2.73 bits per heavy atom. The number of nitrogens with one attached hydrogen (secondary N) is 1. The van der Waals surface area contributed by atoms with Crippen LogP contribution in [0.3, 0.4) is 0 Å². The van der Waals surface area contributed by atoms with Crippen LogP contribution in [0.2, 0.25) is 0 Å². The number of carbonyl (C=O) groups excluding carboxylic acids is 2. The summed E-state index contributed by atoms with van der Waals surface area (Å²) in [5.74, 6) is -1.09. The number of amidine groups is 1. The number of carboxylic acid groups (broad SMARTS) is 1. The Balaban J connectivity index is 1.13. The Kier molecular flexibility index (Phi) is 7.00. The third-order valence-corrected chi connectivity index (χ3v) is 10.7. The number of thiazole rings is 1. The van der Waals surface area contributed by atoms with Gasteiger partial charge in [-0.2, -0.15) is 0 Å². The van der Waals surface area contributed by atoms with E-state index in [-0.39, 0.29) is 29.9 Å². The summed E-state index contributed by atoms with van der Waals surface area (Å²) in [4.78, 5) is 53.7. The summed E-state index contributed by atoms with van der Waals surface area (Å²) < 4.78 is 20.3. The first-order valence-electron chi connectivity index (χ1n) is 15.0. The molecule has 13 heteroatoms. The van der Waals surface area contributed by atoms with Crippen LogP contribution in [0.25, 0.3) is 0 Å². The maximum absolute atomic E-state index is 14.7. The van der Waals surface area contributed by atoms with E-state index < -0.39 is 23.4 Å². The maximum Gasteiger partial charge on any atom is 0.338 e. The molecule has 0 spiro atoms. The number of amides is 2. The topological polar surface area (TPSA) is 128 Å². The number of piperazine rings is 1. The van der Waals surface area contributed by atoms with E-state index in [0.717, 1.165) is 0 Å². The molecule has 2 saturated heterocycles. The predicted molar refractivity (Wildman–Crippen MR) is 160 cm³/mol. The average Bonchev–Trinajstić information content (AvgIpc) is 3.59. The van der Waals surface area contributed by atoms with Crippen molar-refractivity contribution >= 4 is 35.1 Å². The Labute approximate surface area is 258 Å². The van der Waals surface area contributed by atoms with Crippen LogP contribution >= 0.6 is 11.3 Å². The Morgan fingerprint density at radius 2 is 2.02 bits per heavy atom. The zero-order chi connectivity index (χ0) is 30.8. The first kappa shape index (κ1) is 28.9. The lowest BCUT2D eigenvalue weighted by molar-refractivity contribution is -0.225. The van der Waals surface area contributed by atoms with Gasteiger partial charge < -0.3 is 25.0 Å². The minimum atomic E-state index is -0.785. The monoisotopic (exact) mass is 622 g/mol. The van der Waals surface area contributed by atoms with Gasteiger partial charge in [-0.15, -0.1) is 11.3 Å². The Bertz CT molecular complexity index is 1570. The Morgan fingerprint density at radius 1 is 1.23 bits per heavy atom. The van der Waals surface area contributed by atoms with Crippen molar-refractivity contribution in [2.45, 2.75) is 45.2 Å². The number of aliphatic imine (C=N–C) groups is 1. The van der Waals surface area contributed by atoms with Crippen molar-refractivity contribution in [3.05, 3.63) is 63.0 Å². The quantitative estimate of drug-likeness (QED) is 0.409. The molecule has 5 fully saturated rings. The van der Waals surface area contributed by atoms with Gasteiger partial charge in [-0.05, 0) is 55.7 Å². The van der Waals surface area contributed by atoms with Crippen molar-refractivity contribution in [1.82, 2.24) is 25.0 Å². The number of hydrogen-bond donors (Lipinski definition) is 2. The average molecular weight is 623 g/mol. The molecular weight excluding hydrogens is 587 g/mol. The predicted octanol–water partition coefficient (Wildman–Crippen LogP) is 3.18. The zero-order valence-corrected chi connectivity index (χ0v) is 25.5. The molecule has 3 aliphatic heterocycles. The summed E-state index contributed by atoms with van der Waals surface area (Å²) in [5.41, 5.74) is 1.35. The summed E-state index contributed by atoms with van der Waals surface area (Å²) in [6.45, 7) is 6.96. The molecule has 4 heterocycles. The second-order valence-corrected chi connectivity index (χ2v) is 13.7. The molecule has 11 nitrogen and oxygen atoms in total. The van der Waals surface area contributed by atoms with E-state index in [1.54, 1.807) is 32.2 Å². The number of esters is 1. The minimum absolute atomic E-state index is 0.0133. The number of carbonyl (C=O) groups is 3. The normalized spacial score (nSPS) is 29.4. The number of halogens is 1. The fourth-order valence-electron chi connectivity index (χ4n) is 7.90. The lowest BCUT2D eigenvalue weighted by atomic mass is 9.35. The zero-order valence-electron chi connectivity index (χ0n) is 24.7. The molecule has 1 aromatic heterocycles. The lowest BCUT2D eigenvalue weighted by Gasteiger charge is -2.68. The minimum Gasteiger partial charge on any atom is -0.481 e. The molecule has 44 heavy (non-hydrogen) atoms. The number of carboxylic acids is 1. The highest BCUT2D eigenvalue weighted by Gasteiger charge is 2.72. The summed E-state index contributed by atoms with van der Waals surface area (Å²) in [5, 5.41) is 15.4. The van der Waals surface area contributed by atoms with Crippen molar-refractivity contribution < 1.29 is 28.6 Å². The molecule has 2 aromatic rings. The van der Waals surface area contributed by atoms with Gasteiger partial charge in [-0.25, -0.2) is 19.0 Å². The molecule has 6 aliphatic rings. The molecule has 1 unspecified atom stereocenters. The first-order chi connectivity index (χ1) is 21.1. The SMILES string of the molecule is CCOC(=O)C1=C(CN2CCN3C(=O)N(CC45CC(C(=O)O)(C4)C5)CC3C2)NC(c2nccs2)=N[C@H]1c1cccc(F)c1C. The van der Waals surface area contributed by atoms with Crippen molar-refractivity contribution in [3.63, 3.8) is 0 Å². The number of aliphatic carboxylic acids is 1. The van der Waals surface area contributed by atoms with Crippen LogP contribution in [0, 0.1) is 23.6 Å². The van der Waals surface area contributed by atoms with Crippen molar-refractivity contribution in [2.24, 2.45) is 15.8 Å². The number of fused-ring (bicyclic) bond motifs is 1. The number of urea groups is 1. The van der Waals surface area contributed by atoms with Gasteiger partial charge in [0.25, 0.3) is 0 Å². The molecule has 2 bridgehead atoms. The van der Waals surface area contributed by atoms with Gasteiger partial charge in [0.15, 0.2) is 10.8 Å². The first-order valence-corrected chi connectivity index (χ1v) is 15.9. The van der Waals surface area contributed by atoms with Crippen molar-refractivity contribution in [1.29, 1.82) is 0 Å². The van der Waals surface area contributed by atoms with Gasteiger partial charge in [0.05, 0.1) is 23.6 Å². The smallest absolute Gasteiger partial charge is 0.338 e. The lowest BCUT2D eigenvalue weighted by Crippen LogP contribution is -2.68. The van der Waals surface area contributed by atoms with Gasteiger partial charge in [0, 0.05) is 56.5 Å². The van der Waals surface area contributed by atoms with Gasteiger partial charge >= 0.3 is 18.0 Å². The van der Waals surface area contributed by atoms with Crippen molar-refractivity contribution in [3.8, 4) is 0 Å². The number of ether oxygens (including phenoxy) is 1. The molecule has 1 aromatic carbocycles. The number of hydrogen-bond acceptors (Lipinski definition) is 9. The molecule has 2 atom stereocenters. The van der Waals surface area contributed by atoms with Gasteiger partial charge in [0.2, 0.25) is 0 Å². The number of benzene rings is 1. The fourth-order valence-corrected chi connectivity index (χ4v) is 8.49. The van der Waals surface area contributed by atoms with Gasteiger partial charge in [0.1, 0.15) is 11.9 Å². The van der Waals surface area contributed by atoms with Crippen molar-refractivity contribution in [2.75, 3.05) is 45.9 Å². The highest BCUT2D eigenvalue weighted by Crippen LogP contribution is 2.73. The van der Waals surface area contributed by atoms with Crippen LogP contribution in [0.1, 0.15) is 48.4 Å². The van der Waals surface area contributed by atoms with Gasteiger partial charge in [-0.1, -0.05) is 12.1 Å². The second kappa shape index (κ2) is 10.7. The van der Waals surface area contributed by atoms with E-state index in [0.29, 0.717) is 91.8 Å². The van der Waals surface area contributed by atoms with Gasteiger partial charge in [-0.3, -0.25) is 14.7 Å². The standard InChI is InChI=1S/C31H35FN6O5S/c1-3-43-27(39)23-22(34-25(26-33-7-10-44-26)35-24(23)20-5-4-6-21(32)18(20)2)13-36-8-9-38-19(11-36)12-37(29(38)42)17-30-14-31(15-30,16-30)28(40)41/h4-7,10,19,24H,3,8-9,11-17H2,1-2H3,(H,34,35)(H,40,41)/t19?,24-,30?,31?/m0/s1. The van der Waals surface area contributed by atoms with Crippen LogP contribution < -0.4 is 5.32 Å². The molecule has 3 aliphatic carbocycles. The van der Waals surface area contributed by atoms with Crippen LogP contribution in [0.4, 0.5) is 9.18 Å². The van der Waals surface area contributed by atoms with E-state index in [4.69, 9.17) is 9.73 Å². The second-order valence-electron chi connectivity index (χ2n) is 12.8.